The number of hydrogen-bond donors (Lipinski definition) is 2. The van der Waals surface area contributed by atoms with Crippen LogP contribution < -0.4 is 10.6 Å². The van der Waals surface area contributed by atoms with E-state index in [0.717, 1.165) is 25.7 Å². The Kier molecular flexibility index (Phi) is 3.00. The molecule has 0 aromatic heterocycles. The highest BCUT2D eigenvalue weighted by atomic mass is 16.2. The van der Waals surface area contributed by atoms with Crippen LogP contribution in [0.15, 0.2) is 24.3 Å². The predicted octanol–water partition coefficient (Wildman–Crippen LogP) is 3.26. The number of carbonyl (C=O) groups is 1. The smallest absolute Gasteiger partial charge is 0.315 e. The number of amides is 2. The minimum atomic E-state index is -0.0120. The molecular weight excluding hydrogens is 236 g/mol. The second-order valence-corrected chi connectivity index (χ2v) is 6.45. The average molecular weight is 258 g/mol. The van der Waals surface area contributed by atoms with Crippen LogP contribution in [0.1, 0.15) is 56.7 Å². The van der Waals surface area contributed by atoms with Gasteiger partial charge in [0.05, 0.1) is 6.04 Å². The number of carbonyl (C=O) groups excluding carboxylic acids is 1. The van der Waals surface area contributed by atoms with Gasteiger partial charge in [0.2, 0.25) is 0 Å². The molecule has 0 spiro atoms. The highest BCUT2D eigenvalue weighted by molar-refractivity contribution is 5.75. The summed E-state index contributed by atoms with van der Waals surface area (Å²) >= 11 is 0. The molecule has 1 fully saturated rings. The summed E-state index contributed by atoms with van der Waals surface area (Å²) in [6.45, 7) is 4.57. The van der Waals surface area contributed by atoms with Crippen molar-refractivity contribution in [2.45, 2.75) is 57.0 Å². The van der Waals surface area contributed by atoms with Crippen molar-refractivity contribution in [2.75, 3.05) is 0 Å². The lowest BCUT2D eigenvalue weighted by atomic mass is 9.71. The Morgan fingerprint density at radius 3 is 2.63 bits per heavy atom. The number of urea groups is 1. The normalized spacial score (nSPS) is 24.4. The Hall–Kier alpha value is -1.51. The molecule has 3 rings (SSSR count). The third kappa shape index (κ3) is 2.60. The van der Waals surface area contributed by atoms with Gasteiger partial charge in [-0.3, -0.25) is 0 Å². The molecule has 1 aromatic carbocycles. The summed E-state index contributed by atoms with van der Waals surface area (Å²) in [5.41, 5.74) is 2.87. The summed E-state index contributed by atoms with van der Waals surface area (Å²) in [5, 5.41) is 6.14. The molecule has 0 bridgehead atoms. The molecule has 0 aliphatic heterocycles. The summed E-state index contributed by atoms with van der Waals surface area (Å²) in [5.74, 6) is 0. The first-order valence-corrected chi connectivity index (χ1v) is 7.23. The van der Waals surface area contributed by atoms with E-state index in [2.05, 4.69) is 48.7 Å². The second kappa shape index (κ2) is 4.55. The zero-order valence-electron chi connectivity index (χ0n) is 11.7. The van der Waals surface area contributed by atoms with Crippen LogP contribution in [0, 0.1) is 0 Å². The lowest BCUT2D eigenvalue weighted by Crippen LogP contribution is -2.41. The van der Waals surface area contributed by atoms with Crippen molar-refractivity contribution in [1.29, 1.82) is 0 Å². The first-order chi connectivity index (χ1) is 9.06. The van der Waals surface area contributed by atoms with Crippen LogP contribution >= 0.6 is 0 Å². The van der Waals surface area contributed by atoms with Crippen molar-refractivity contribution >= 4 is 6.03 Å². The van der Waals surface area contributed by atoms with Gasteiger partial charge in [0, 0.05) is 6.04 Å². The molecule has 2 aliphatic rings. The van der Waals surface area contributed by atoms with Crippen molar-refractivity contribution in [1.82, 2.24) is 10.6 Å². The van der Waals surface area contributed by atoms with Crippen LogP contribution in [0.5, 0.6) is 0 Å². The van der Waals surface area contributed by atoms with Gasteiger partial charge in [0.15, 0.2) is 0 Å². The van der Waals surface area contributed by atoms with Gasteiger partial charge in [-0.1, -0.05) is 38.1 Å². The highest BCUT2D eigenvalue weighted by Crippen LogP contribution is 2.41. The molecule has 0 heterocycles. The standard InChI is InChI=1S/C16H22N2O/c1-16(2)10-9-14(12-5-3-4-6-13(12)16)18-15(19)17-11-7-8-11/h3-6,11,14H,7-10H2,1-2H3,(H2,17,18,19)/t14-/m0/s1. The summed E-state index contributed by atoms with van der Waals surface area (Å²) in [7, 11) is 0. The molecule has 102 valence electrons. The number of benzene rings is 1. The van der Waals surface area contributed by atoms with Gasteiger partial charge in [-0.2, -0.15) is 0 Å². The van der Waals surface area contributed by atoms with E-state index in [1.807, 2.05) is 0 Å². The number of rotatable bonds is 2. The van der Waals surface area contributed by atoms with Gasteiger partial charge in [0.1, 0.15) is 0 Å². The Morgan fingerprint density at radius 1 is 1.16 bits per heavy atom. The lowest BCUT2D eigenvalue weighted by Gasteiger charge is -2.37. The van der Waals surface area contributed by atoms with Gasteiger partial charge in [-0.15, -0.1) is 0 Å². The van der Waals surface area contributed by atoms with Crippen LogP contribution in [0.4, 0.5) is 4.79 Å². The molecular formula is C16H22N2O. The second-order valence-electron chi connectivity index (χ2n) is 6.45. The Bertz CT molecular complexity index is 491. The molecule has 0 unspecified atom stereocenters. The Morgan fingerprint density at radius 2 is 1.89 bits per heavy atom. The van der Waals surface area contributed by atoms with Gasteiger partial charge >= 0.3 is 6.03 Å². The minimum Gasteiger partial charge on any atom is -0.335 e. The van der Waals surface area contributed by atoms with Crippen molar-refractivity contribution in [3.63, 3.8) is 0 Å². The minimum absolute atomic E-state index is 0.0120. The van der Waals surface area contributed by atoms with Crippen LogP contribution in [0.2, 0.25) is 0 Å². The van der Waals surface area contributed by atoms with Crippen LogP contribution in [0.3, 0.4) is 0 Å². The molecule has 1 atom stereocenters. The molecule has 3 heteroatoms. The van der Waals surface area contributed by atoms with Gasteiger partial charge in [0.25, 0.3) is 0 Å². The van der Waals surface area contributed by atoms with Gasteiger partial charge in [-0.05, 0) is 42.2 Å². The molecule has 1 saturated carbocycles. The van der Waals surface area contributed by atoms with Crippen molar-refractivity contribution in [3.05, 3.63) is 35.4 Å². The highest BCUT2D eigenvalue weighted by Gasteiger charge is 2.33. The third-order valence-corrected chi connectivity index (χ3v) is 4.34. The van der Waals surface area contributed by atoms with E-state index < -0.39 is 0 Å². The molecule has 1 aromatic rings. The fraction of sp³-hybridized carbons (Fsp3) is 0.562. The van der Waals surface area contributed by atoms with E-state index >= 15 is 0 Å². The monoisotopic (exact) mass is 258 g/mol. The van der Waals surface area contributed by atoms with Crippen LogP contribution in [0.25, 0.3) is 0 Å². The fourth-order valence-corrected chi connectivity index (χ4v) is 2.98. The van der Waals surface area contributed by atoms with Crippen molar-refractivity contribution < 1.29 is 4.79 Å². The third-order valence-electron chi connectivity index (χ3n) is 4.34. The number of nitrogens with one attached hydrogen (secondary N) is 2. The van der Waals surface area contributed by atoms with E-state index in [1.165, 1.54) is 11.1 Å². The Labute approximate surface area is 114 Å². The van der Waals surface area contributed by atoms with E-state index in [4.69, 9.17) is 0 Å². The molecule has 2 N–H and O–H groups in total. The van der Waals surface area contributed by atoms with Gasteiger partial charge < -0.3 is 10.6 Å². The lowest BCUT2D eigenvalue weighted by molar-refractivity contribution is 0.233. The SMILES string of the molecule is CC1(C)CC[C@H](NC(=O)NC2CC2)c2ccccc21. The predicted molar refractivity (Wildman–Crippen MR) is 76.1 cm³/mol. The summed E-state index contributed by atoms with van der Waals surface area (Å²) in [6, 6.07) is 9.06. The molecule has 0 saturated heterocycles. The molecule has 2 aliphatic carbocycles. The Balaban J connectivity index is 1.77. The zero-order valence-corrected chi connectivity index (χ0v) is 11.7. The van der Waals surface area contributed by atoms with E-state index in [9.17, 15) is 4.79 Å². The molecule has 2 amide bonds. The van der Waals surface area contributed by atoms with E-state index in [0.29, 0.717) is 6.04 Å². The fourth-order valence-electron chi connectivity index (χ4n) is 2.98. The quantitative estimate of drug-likeness (QED) is 0.840. The van der Waals surface area contributed by atoms with Crippen molar-refractivity contribution in [3.8, 4) is 0 Å². The summed E-state index contributed by atoms with van der Waals surface area (Å²) < 4.78 is 0. The van der Waals surface area contributed by atoms with Crippen LogP contribution in [-0.2, 0) is 5.41 Å². The topological polar surface area (TPSA) is 41.1 Å². The first-order valence-electron chi connectivity index (χ1n) is 7.23. The zero-order chi connectivity index (χ0) is 13.5. The maximum atomic E-state index is 11.9. The summed E-state index contributed by atoms with van der Waals surface area (Å²) in [6.07, 6.45) is 4.38. The average Bonchev–Trinajstić information content (AvgIpc) is 3.17. The first kappa shape index (κ1) is 12.5. The number of fused-ring (bicyclic) bond motifs is 1. The maximum Gasteiger partial charge on any atom is 0.315 e. The maximum absolute atomic E-state index is 11.9. The van der Waals surface area contributed by atoms with Crippen LogP contribution in [-0.4, -0.2) is 12.1 Å². The molecule has 19 heavy (non-hydrogen) atoms. The summed E-state index contributed by atoms with van der Waals surface area (Å²) in [4.78, 5) is 11.9. The van der Waals surface area contributed by atoms with E-state index in [1.54, 1.807) is 0 Å². The molecule has 3 nitrogen and oxygen atoms in total. The van der Waals surface area contributed by atoms with E-state index in [-0.39, 0.29) is 17.5 Å². The largest absolute Gasteiger partial charge is 0.335 e. The number of hydrogen-bond acceptors (Lipinski definition) is 1. The van der Waals surface area contributed by atoms with Crippen molar-refractivity contribution in [2.24, 2.45) is 0 Å². The van der Waals surface area contributed by atoms with Gasteiger partial charge in [-0.25, -0.2) is 4.79 Å². The molecule has 0 radical (unpaired) electrons.